The molecule has 2 rings (SSSR count). The second-order valence-corrected chi connectivity index (χ2v) is 3.64. The number of hydrogen-bond acceptors (Lipinski definition) is 2. The van der Waals surface area contributed by atoms with Gasteiger partial charge in [-0.25, -0.2) is 9.37 Å². The van der Waals surface area contributed by atoms with Crippen LogP contribution in [0.2, 0.25) is 0 Å². The Kier molecular flexibility index (Phi) is 2.97. The summed E-state index contributed by atoms with van der Waals surface area (Å²) in [6.45, 7) is 0. The highest BCUT2D eigenvalue weighted by Gasteiger charge is 2.03. The molecular formula is C11H7BrFNO. The predicted octanol–water partition coefficient (Wildman–Crippen LogP) is 3.78. The molecular weight excluding hydrogens is 261 g/mol. The van der Waals surface area contributed by atoms with Gasteiger partial charge in [0, 0.05) is 6.07 Å². The van der Waals surface area contributed by atoms with Gasteiger partial charge in [0.15, 0.2) is 11.6 Å². The lowest BCUT2D eigenvalue weighted by atomic mass is 10.3. The van der Waals surface area contributed by atoms with Crippen LogP contribution in [-0.2, 0) is 0 Å². The monoisotopic (exact) mass is 267 g/mol. The fourth-order valence-corrected chi connectivity index (χ4v) is 1.41. The van der Waals surface area contributed by atoms with Crippen LogP contribution < -0.4 is 4.74 Å². The van der Waals surface area contributed by atoms with E-state index in [0.29, 0.717) is 10.5 Å². The standard InChI is InChI=1S/C11H7BrFNO/c12-10-6-3-7-11(14-10)15-9-5-2-1-4-8(9)13/h1-7H. The summed E-state index contributed by atoms with van der Waals surface area (Å²) in [5.74, 6) is 0.122. The molecule has 0 saturated carbocycles. The molecule has 1 aromatic carbocycles. The van der Waals surface area contributed by atoms with Gasteiger partial charge in [-0.3, -0.25) is 0 Å². The van der Waals surface area contributed by atoms with Crippen molar-refractivity contribution in [1.82, 2.24) is 4.98 Å². The Morgan fingerprint density at radius 3 is 2.60 bits per heavy atom. The minimum atomic E-state index is -0.403. The topological polar surface area (TPSA) is 22.1 Å². The molecule has 1 heterocycles. The molecule has 0 aliphatic carbocycles. The number of pyridine rings is 1. The molecule has 0 saturated heterocycles. The molecule has 0 radical (unpaired) electrons. The van der Waals surface area contributed by atoms with E-state index in [2.05, 4.69) is 20.9 Å². The highest BCUT2D eigenvalue weighted by molar-refractivity contribution is 9.10. The van der Waals surface area contributed by atoms with E-state index in [-0.39, 0.29) is 5.75 Å². The van der Waals surface area contributed by atoms with E-state index in [1.807, 2.05) is 0 Å². The SMILES string of the molecule is Fc1ccccc1Oc1cccc(Br)n1. The van der Waals surface area contributed by atoms with E-state index in [9.17, 15) is 4.39 Å². The van der Waals surface area contributed by atoms with Crippen molar-refractivity contribution in [3.8, 4) is 11.6 Å². The number of hydrogen-bond donors (Lipinski definition) is 0. The summed E-state index contributed by atoms with van der Waals surface area (Å²) in [6.07, 6.45) is 0. The van der Waals surface area contributed by atoms with Gasteiger partial charge in [-0.05, 0) is 34.1 Å². The molecule has 0 bridgehead atoms. The first-order chi connectivity index (χ1) is 7.25. The van der Waals surface area contributed by atoms with Crippen LogP contribution in [-0.4, -0.2) is 4.98 Å². The zero-order chi connectivity index (χ0) is 10.7. The van der Waals surface area contributed by atoms with Crippen molar-refractivity contribution in [2.45, 2.75) is 0 Å². The lowest BCUT2D eigenvalue weighted by Crippen LogP contribution is -1.90. The zero-order valence-corrected chi connectivity index (χ0v) is 9.24. The molecule has 0 aliphatic heterocycles. The quantitative estimate of drug-likeness (QED) is 0.773. The predicted molar refractivity (Wildman–Crippen MR) is 58.4 cm³/mol. The molecule has 0 spiro atoms. The number of ether oxygens (including phenoxy) is 1. The van der Waals surface area contributed by atoms with E-state index in [4.69, 9.17) is 4.74 Å². The first kappa shape index (κ1) is 10.1. The third kappa shape index (κ3) is 2.53. The lowest BCUT2D eigenvalue weighted by molar-refractivity contribution is 0.427. The van der Waals surface area contributed by atoms with Crippen molar-refractivity contribution in [2.75, 3.05) is 0 Å². The average molecular weight is 268 g/mol. The van der Waals surface area contributed by atoms with Crippen LogP contribution in [0.4, 0.5) is 4.39 Å². The van der Waals surface area contributed by atoms with Crippen LogP contribution >= 0.6 is 15.9 Å². The molecule has 2 nitrogen and oxygen atoms in total. The fraction of sp³-hybridized carbons (Fsp3) is 0. The van der Waals surface area contributed by atoms with Crippen molar-refractivity contribution >= 4 is 15.9 Å². The van der Waals surface area contributed by atoms with Crippen molar-refractivity contribution < 1.29 is 9.13 Å². The summed E-state index contributed by atoms with van der Waals surface area (Å²) in [5, 5.41) is 0. The Morgan fingerprint density at radius 2 is 1.87 bits per heavy atom. The van der Waals surface area contributed by atoms with Crippen LogP contribution in [0, 0.1) is 5.82 Å². The Bertz CT molecular complexity index is 476. The number of rotatable bonds is 2. The summed E-state index contributed by atoms with van der Waals surface area (Å²) in [5.41, 5.74) is 0. The third-order valence-corrected chi connectivity index (χ3v) is 2.18. The van der Waals surface area contributed by atoms with E-state index < -0.39 is 5.82 Å². The molecule has 0 fully saturated rings. The minimum absolute atomic E-state index is 0.170. The summed E-state index contributed by atoms with van der Waals surface area (Å²) < 4.78 is 19.1. The first-order valence-corrected chi connectivity index (χ1v) is 5.10. The molecule has 2 aromatic rings. The average Bonchev–Trinajstić information content (AvgIpc) is 2.22. The van der Waals surface area contributed by atoms with Gasteiger partial charge in [0.05, 0.1) is 0 Å². The summed E-state index contributed by atoms with van der Waals surface area (Å²) in [7, 11) is 0. The fourth-order valence-electron chi connectivity index (χ4n) is 1.09. The Balaban J connectivity index is 2.26. The van der Waals surface area contributed by atoms with Gasteiger partial charge in [0.2, 0.25) is 5.88 Å². The maximum atomic E-state index is 13.2. The Morgan fingerprint density at radius 1 is 1.07 bits per heavy atom. The van der Waals surface area contributed by atoms with E-state index in [0.717, 1.165) is 0 Å². The molecule has 0 aliphatic rings. The summed E-state index contributed by atoms with van der Waals surface area (Å²) in [6, 6.07) is 11.4. The summed E-state index contributed by atoms with van der Waals surface area (Å²) in [4.78, 5) is 4.04. The van der Waals surface area contributed by atoms with Crippen molar-refractivity contribution in [1.29, 1.82) is 0 Å². The lowest BCUT2D eigenvalue weighted by Gasteiger charge is -2.05. The number of aromatic nitrogens is 1. The van der Waals surface area contributed by atoms with E-state index in [1.54, 1.807) is 36.4 Å². The molecule has 76 valence electrons. The van der Waals surface area contributed by atoms with Gasteiger partial charge < -0.3 is 4.74 Å². The second kappa shape index (κ2) is 4.40. The Labute approximate surface area is 94.9 Å². The molecule has 1 aromatic heterocycles. The molecule has 4 heteroatoms. The van der Waals surface area contributed by atoms with Crippen LogP contribution in [0.25, 0.3) is 0 Å². The molecule has 0 unspecified atom stereocenters. The maximum absolute atomic E-state index is 13.2. The van der Waals surface area contributed by atoms with Crippen LogP contribution in [0.1, 0.15) is 0 Å². The van der Waals surface area contributed by atoms with Gasteiger partial charge in [0.25, 0.3) is 0 Å². The number of benzene rings is 1. The van der Waals surface area contributed by atoms with Gasteiger partial charge >= 0.3 is 0 Å². The number of nitrogens with zero attached hydrogens (tertiary/aromatic N) is 1. The minimum Gasteiger partial charge on any atom is -0.436 e. The van der Waals surface area contributed by atoms with E-state index in [1.165, 1.54) is 6.07 Å². The largest absolute Gasteiger partial charge is 0.436 e. The van der Waals surface area contributed by atoms with Gasteiger partial charge in [-0.15, -0.1) is 0 Å². The molecule has 0 amide bonds. The van der Waals surface area contributed by atoms with Gasteiger partial charge in [0.1, 0.15) is 4.60 Å². The number of halogens is 2. The van der Waals surface area contributed by atoms with Gasteiger partial charge in [-0.1, -0.05) is 18.2 Å². The highest BCUT2D eigenvalue weighted by Crippen LogP contribution is 2.23. The van der Waals surface area contributed by atoms with Crippen LogP contribution in [0.3, 0.4) is 0 Å². The van der Waals surface area contributed by atoms with Crippen LogP contribution in [0.5, 0.6) is 11.6 Å². The van der Waals surface area contributed by atoms with E-state index >= 15 is 0 Å². The molecule has 15 heavy (non-hydrogen) atoms. The first-order valence-electron chi connectivity index (χ1n) is 4.30. The van der Waals surface area contributed by atoms with Crippen LogP contribution in [0.15, 0.2) is 47.1 Å². The van der Waals surface area contributed by atoms with Crippen molar-refractivity contribution in [3.63, 3.8) is 0 Å². The number of para-hydroxylation sites is 1. The van der Waals surface area contributed by atoms with Crippen molar-refractivity contribution in [3.05, 3.63) is 52.9 Å². The highest BCUT2D eigenvalue weighted by atomic mass is 79.9. The maximum Gasteiger partial charge on any atom is 0.220 e. The summed E-state index contributed by atoms with van der Waals surface area (Å²) >= 11 is 3.21. The zero-order valence-electron chi connectivity index (χ0n) is 7.65. The Hall–Kier alpha value is -1.42. The molecule has 0 N–H and O–H groups in total. The van der Waals surface area contributed by atoms with Gasteiger partial charge in [-0.2, -0.15) is 0 Å². The smallest absolute Gasteiger partial charge is 0.220 e. The normalized spacial score (nSPS) is 10.0. The van der Waals surface area contributed by atoms with Crippen molar-refractivity contribution in [2.24, 2.45) is 0 Å². The third-order valence-electron chi connectivity index (χ3n) is 1.74. The second-order valence-electron chi connectivity index (χ2n) is 2.83. The molecule has 0 atom stereocenters.